The number of ether oxygens (including phenoxy) is 1. The molecular formula is C20H26F2IN3O2. The molecule has 0 amide bonds. The Balaban J connectivity index is 0.00000392. The lowest BCUT2D eigenvalue weighted by atomic mass is 10.1. The zero-order valence-electron chi connectivity index (χ0n) is 16.1. The summed E-state index contributed by atoms with van der Waals surface area (Å²) in [6.45, 7) is 4.36. The van der Waals surface area contributed by atoms with E-state index in [1.54, 1.807) is 38.3 Å². The Labute approximate surface area is 181 Å². The van der Waals surface area contributed by atoms with Crippen LogP contribution in [0.1, 0.15) is 37.1 Å². The lowest BCUT2D eigenvalue weighted by molar-refractivity contribution is 0.186. The largest absolute Gasteiger partial charge is 0.497 e. The Kier molecular flexibility index (Phi) is 10.2. The van der Waals surface area contributed by atoms with Gasteiger partial charge in [-0.3, -0.25) is 4.99 Å². The normalized spacial score (nSPS) is 13.3. The number of benzene rings is 2. The number of aliphatic hydroxyl groups is 1. The zero-order chi connectivity index (χ0) is 19.8. The molecule has 28 heavy (non-hydrogen) atoms. The Morgan fingerprint density at radius 2 is 1.96 bits per heavy atom. The molecule has 0 aliphatic rings. The highest BCUT2D eigenvalue weighted by Gasteiger charge is 2.14. The molecular weight excluding hydrogens is 479 g/mol. The van der Waals surface area contributed by atoms with Crippen molar-refractivity contribution in [1.29, 1.82) is 0 Å². The summed E-state index contributed by atoms with van der Waals surface area (Å²) in [5.74, 6) is -0.163. The highest BCUT2D eigenvalue weighted by atomic mass is 127. The number of nitrogens with zero attached hydrogens (tertiary/aromatic N) is 1. The van der Waals surface area contributed by atoms with Crippen molar-refractivity contribution in [2.45, 2.75) is 26.0 Å². The highest BCUT2D eigenvalue weighted by molar-refractivity contribution is 14.0. The van der Waals surface area contributed by atoms with Crippen LogP contribution in [0.5, 0.6) is 5.75 Å². The van der Waals surface area contributed by atoms with Gasteiger partial charge in [0.15, 0.2) is 5.96 Å². The molecule has 0 heterocycles. The van der Waals surface area contributed by atoms with E-state index < -0.39 is 23.8 Å². The zero-order valence-corrected chi connectivity index (χ0v) is 18.4. The Morgan fingerprint density at radius 1 is 1.21 bits per heavy atom. The minimum atomic E-state index is -0.812. The molecule has 0 radical (unpaired) electrons. The number of hydrogen-bond donors (Lipinski definition) is 3. The third-order valence-corrected chi connectivity index (χ3v) is 4.03. The van der Waals surface area contributed by atoms with Gasteiger partial charge in [0.05, 0.1) is 25.8 Å². The number of nitrogens with one attached hydrogen (secondary N) is 2. The van der Waals surface area contributed by atoms with E-state index in [9.17, 15) is 13.9 Å². The average Bonchev–Trinajstić information content (AvgIpc) is 2.65. The van der Waals surface area contributed by atoms with E-state index in [1.165, 1.54) is 12.1 Å². The van der Waals surface area contributed by atoms with E-state index in [0.29, 0.717) is 29.4 Å². The van der Waals surface area contributed by atoms with Crippen molar-refractivity contribution in [3.05, 3.63) is 65.2 Å². The minimum Gasteiger partial charge on any atom is -0.497 e. The fourth-order valence-corrected chi connectivity index (χ4v) is 2.59. The predicted molar refractivity (Wildman–Crippen MR) is 117 cm³/mol. The fraction of sp³-hybridized carbons (Fsp3) is 0.350. The maximum Gasteiger partial charge on any atom is 0.191 e. The number of aliphatic hydroxyl groups excluding tert-OH is 1. The maximum atomic E-state index is 14.0. The van der Waals surface area contributed by atoms with Crippen LogP contribution in [0.2, 0.25) is 0 Å². The monoisotopic (exact) mass is 505 g/mol. The standard InChI is InChI=1S/C20H25F2N3O2.HI/c1-4-23-20(25-13(2)17-9-8-15(21)11-18(17)22)24-12-19(26)14-6-5-7-16(10-14)27-3;/h5-11,13,19,26H,4,12H2,1-3H3,(H2,23,24,25);1H. The number of halogens is 3. The minimum absolute atomic E-state index is 0. The Hall–Kier alpha value is -1.94. The van der Waals surface area contributed by atoms with E-state index in [0.717, 1.165) is 6.07 Å². The molecule has 2 atom stereocenters. The summed E-state index contributed by atoms with van der Waals surface area (Å²) >= 11 is 0. The van der Waals surface area contributed by atoms with Gasteiger partial charge in [-0.25, -0.2) is 8.78 Å². The lowest BCUT2D eigenvalue weighted by Crippen LogP contribution is -2.39. The smallest absolute Gasteiger partial charge is 0.191 e. The predicted octanol–water partition coefficient (Wildman–Crippen LogP) is 3.94. The lowest BCUT2D eigenvalue weighted by Gasteiger charge is -2.19. The van der Waals surface area contributed by atoms with E-state index >= 15 is 0 Å². The molecule has 154 valence electrons. The first-order valence-corrected chi connectivity index (χ1v) is 8.76. The van der Waals surface area contributed by atoms with Crippen LogP contribution < -0.4 is 15.4 Å². The molecule has 0 aliphatic heterocycles. The molecule has 0 saturated carbocycles. The molecule has 0 aromatic heterocycles. The summed E-state index contributed by atoms with van der Waals surface area (Å²) in [5, 5.41) is 16.5. The van der Waals surface area contributed by atoms with Crippen molar-refractivity contribution in [3.8, 4) is 5.75 Å². The Morgan fingerprint density at radius 3 is 2.61 bits per heavy atom. The molecule has 2 aromatic carbocycles. The number of methoxy groups -OCH3 is 1. The van der Waals surface area contributed by atoms with Gasteiger partial charge in [-0.05, 0) is 37.6 Å². The van der Waals surface area contributed by atoms with Gasteiger partial charge < -0.3 is 20.5 Å². The van der Waals surface area contributed by atoms with Gasteiger partial charge in [-0.2, -0.15) is 0 Å². The molecule has 0 saturated heterocycles. The molecule has 0 fully saturated rings. The van der Waals surface area contributed by atoms with Crippen molar-refractivity contribution in [2.24, 2.45) is 4.99 Å². The number of hydrogen-bond acceptors (Lipinski definition) is 3. The van der Waals surface area contributed by atoms with E-state index in [4.69, 9.17) is 4.74 Å². The van der Waals surface area contributed by atoms with Gasteiger partial charge in [0, 0.05) is 18.2 Å². The van der Waals surface area contributed by atoms with Gasteiger partial charge in [0.25, 0.3) is 0 Å². The topological polar surface area (TPSA) is 65.9 Å². The molecule has 8 heteroatoms. The summed E-state index contributed by atoms with van der Waals surface area (Å²) in [5.41, 5.74) is 1.02. The maximum absolute atomic E-state index is 14.0. The molecule has 3 N–H and O–H groups in total. The molecule has 0 spiro atoms. The molecule has 2 unspecified atom stereocenters. The van der Waals surface area contributed by atoms with E-state index in [-0.39, 0.29) is 30.5 Å². The van der Waals surface area contributed by atoms with Crippen LogP contribution in [0, 0.1) is 11.6 Å². The van der Waals surface area contributed by atoms with E-state index in [1.807, 2.05) is 6.92 Å². The van der Waals surface area contributed by atoms with Crippen molar-refractivity contribution in [1.82, 2.24) is 10.6 Å². The second-order valence-electron chi connectivity index (χ2n) is 6.04. The third-order valence-electron chi connectivity index (χ3n) is 4.03. The van der Waals surface area contributed by atoms with Crippen LogP contribution >= 0.6 is 24.0 Å². The summed E-state index contributed by atoms with van der Waals surface area (Å²) in [6.07, 6.45) is -0.812. The first kappa shape index (κ1) is 24.1. The second kappa shape index (κ2) is 11.8. The fourth-order valence-electron chi connectivity index (χ4n) is 2.59. The number of rotatable bonds is 7. The number of aliphatic imine (C=N–C) groups is 1. The summed E-state index contributed by atoms with van der Waals surface area (Å²) < 4.78 is 32.2. The summed E-state index contributed by atoms with van der Waals surface area (Å²) in [4.78, 5) is 4.37. The molecule has 0 bridgehead atoms. The third kappa shape index (κ3) is 6.90. The number of guanidine groups is 1. The van der Waals surface area contributed by atoms with Crippen LogP contribution in [-0.2, 0) is 0 Å². The first-order chi connectivity index (χ1) is 12.9. The molecule has 0 aliphatic carbocycles. The molecule has 2 aromatic rings. The molecule has 5 nitrogen and oxygen atoms in total. The summed E-state index contributed by atoms with van der Waals surface area (Å²) in [6, 6.07) is 10.2. The van der Waals surface area contributed by atoms with Gasteiger partial charge in [-0.15, -0.1) is 24.0 Å². The molecule has 2 rings (SSSR count). The van der Waals surface area contributed by atoms with Gasteiger partial charge >= 0.3 is 0 Å². The average molecular weight is 505 g/mol. The summed E-state index contributed by atoms with van der Waals surface area (Å²) in [7, 11) is 1.56. The van der Waals surface area contributed by atoms with Crippen molar-refractivity contribution in [3.63, 3.8) is 0 Å². The SMILES string of the molecule is CCNC(=NCC(O)c1cccc(OC)c1)NC(C)c1ccc(F)cc1F.I. The highest BCUT2D eigenvalue weighted by Crippen LogP contribution is 2.20. The van der Waals surface area contributed by atoms with Gasteiger partial charge in [0.1, 0.15) is 17.4 Å². The van der Waals surface area contributed by atoms with Crippen molar-refractivity contribution >= 4 is 29.9 Å². The van der Waals surface area contributed by atoms with Gasteiger partial charge in [0.2, 0.25) is 0 Å². The Bertz CT molecular complexity index is 790. The first-order valence-electron chi connectivity index (χ1n) is 8.76. The van der Waals surface area contributed by atoms with Crippen molar-refractivity contribution < 1.29 is 18.6 Å². The van der Waals surface area contributed by atoms with Crippen LogP contribution in [0.25, 0.3) is 0 Å². The van der Waals surface area contributed by atoms with Crippen LogP contribution in [0.15, 0.2) is 47.5 Å². The van der Waals surface area contributed by atoms with Crippen molar-refractivity contribution in [2.75, 3.05) is 20.2 Å². The van der Waals surface area contributed by atoms with Crippen LogP contribution in [0.4, 0.5) is 8.78 Å². The van der Waals surface area contributed by atoms with Crippen LogP contribution in [-0.4, -0.2) is 31.3 Å². The van der Waals surface area contributed by atoms with Gasteiger partial charge in [-0.1, -0.05) is 18.2 Å². The second-order valence-corrected chi connectivity index (χ2v) is 6.04. The van der Waals surface area contributed by atoms with E-state index in [2.05, 4.69) is 15.6 Å². The quantitative estimate of drug-likeness (QED) is 0.303. The van der Waals surface area contributed by atoms with Crippen LogP contribution in [0.3, 0.4) is 0 Å².